The van der Waals surface area contributed by atoms with Crippen LogP contribution in [0.15, 0.2) is 164 Å². The molecule has 0 radical (unpaired) electrons. The van der Waals surface area contributed by atoms with Crippen molar-refractivity contribution in [3.63, 3.8) is 0 Å². The molecule has 0 amide bonds. The Morgan fingerprint density at radius 1 is 0.432 bits per heavy atom. The summed E-state index contributed by atoms with van der Waals surface area (Å²) in [7, 11) is 0. The largest absolute Gasteiger partial charge is 0.387 e. The van der Waals surface area contributed by atoms with E-state index in [2.05, 4.69) is 156 Å². The molecule has 0 aliphatic carbocycles. The number of nitrogens with one attached hydrogen (secondary N) is 1. The Labute approximate surface area is 257 Å². The van der Waals surface area contributed by atoms with Crippen molar-refractivity contribution in [2.24, 2.45) is 0 Å². The fourth-order valence-corrected chi connectivity index (χ4v) is 6.48. The third kappa shape index (κ3) is 4.67. The van der Waals surface area contributed by atoms with Crippen LogP contribution in [0, 0.1) is 0 Å². The zero-order valence-electron chi connectivity index (χ0n) is 24.2. The second-order valence-corrected chi connectivity index (χ2v) is 11.2. The van der Waals surface area contributed by atoms with Gasteiger partial charge < -0.3 is 5.32 Å². The van der Waals surface area contributed by atoms with Crippen molar-refractivity contribution < 1.29 is 0 Å². The van der Waals surface area contributed by atoms with Gasteiger partial charge >= 0.3 is 0 Å². The first kappa shape index (κ1) is 25.9. The standard InChI is InChI=1S/C42H30N2/c1-2-6-29(7-3-1)36-18-19-39-40(28-36)42(35-16-12-31(13-17-35)33-22-26-44-27-23-33)38-9-5-4-8-37(38)41(39)34-14-10-30(11-15-34)32-20-24-43-25-21-32/h1-26,28,44H,27H2. The van der Waals surface area contributed by atoms with Gasteiger partial charge in [-0.2, -0.15) is 0 Å². The highest BCUT2D eigenvalue weighted by Crippen LogP contribution is 2.45. The third-order valence-electron chi connectivity index (χ3n) is 8.65. The number of pyridine rings is 1. The topological polar surface area (TPSA) is 24.9 Å². The molecule has 0 bridgehead atoms. The zero-order chi connectivity index (χ0) is 29.3. The molecule has 0 atom stereocenters. The highest BCUT2D eigenvalue weighted by Gasteiger charge is 2.18. The lowest BCUT2D eigenvalue weighted by Crippen LogP contribution is -2.08. The number of benzene rings is 6. The van der Waals surface area contributed by atoms with E-state index < -0.39 is 0 Å². The molecule has 0 saturated heterocycles. The van der Waals surface area contributed by atoms with Crippen LogP contribution in [0.25, 0.3) is 71.6 Å². The summed E-state index contributed by atoms with van der Waals surface area (Å²) in [5, 5.41) is 8.27. The Kier molecular flexibility index (Phi) is 6.58. The molecule has 0 fully saturated rings. The molecule has 44 heavy (non-hydrogen) atoms. The van der Waals surface area contributed by atoms with Crippen LogP contribution in [0.5, 0.6) is 0 Å². The Hall–Kier alpha value is -5.73. The van der Waals surface area contributed by atoms with Gasteiger partial charge in [0.15, 0.2) is 0 Å². The Bertz CT molecular complexity index is 2170. The summed E-state index contributed by atoms with van der Waals surface area (Å²) in [5.74, 6) is 0. The van der Waals surface area contributed by atoms with Crippen LogP contribution in [0.3, 0.4) is 0 Å². The van der Waals surface area contributed by atoms with Crippen LogP contribution >= 0.6 is 0 Å². The molecule has 208 valence electrons. The molecule has 2 heteroatoms. The van der Waals surface area contributed by atoms with Gasteiger partial charge in [0.2, 0.25) is 0 Å². The lowest BCUT2D eigenvalue weighted by Gasteiger charge is -2.19. The van der Waals surface area contributed by atoms with Crippen LogP contribution in [0.2, 0.25) is 0 Å². The molecule has 7 aromatic rings. The van der Waals surface area contributed by atoms with E-state index >= 15 is 0 Å². The number of allylic oxidation sites excluding steroid dienone is 2. The SMILES string of the molecule is C1=CC(c2ccc(-c3c4ccccc4c(-c4ccc(-c5ccncc5)cc4)c4ccc(-c5ccccc5)cc34)cc2)=CCN1. The quantitative estimate of drug-likeness (QED) is 0.211. The second kappa shape index (κ2) is 11.2. The smallest absolute Gasteiger partial charge is 0.0334 e. The van der Waals surface area contributed by atoms with Gasteiger partial charge in [-0.15, -0.1) is 0 Å². The maximum absolute atomic E-state index is 4.19. The molecule has 6 aromatic carbocycles. The van der Waals surface area contributed by atoms with Gasteiger partial charge in [-0.25, -0.2) is 0 Å². The van der Waals surface area contributed by atoms with Crippen LogP contribution in [0.1, 0.15) is 5.56 Å². The van der Waals surface area contributed by atoms with Crippen molar-refractivity contribution in [2.45, 2.75) is 0 Å². The van der Waals surface area contributed by atoms with Crippen molar-refractivity contribution in [1.29, 1.82) is 0 Å². The van der Waals surface area contributed by atoms with E-state index in [0.29, 0.717) is 0 Å². The molecule has 1 aromatic heterocycles. The molecular weight excluding hydrogens is 532 g/mol. The predicted octanol–water partition coefficient (Wildman–Crippen LogP) is 10.6. The first-order valence-electron chi connectivity index (χ1n) is 15.1. The zero-order valence-corrected chi connectivity index (χ0v) is 24.2. The summed E-state index contributed by atoms with van der Waals surface area (Å²) in [4.78, 5) is 4.19. The molecule has 1 N–H and O–H groups in total. The third-order valence-corrected chi connectivity index (χ3v) is 8.65. The molecule has 8 rings (SSSR count). The number of nitrogens with zero attached hydrogens (tertiary/aromatic N) is 1. The first-order valence-corrected chi connectivity index (χ1v) is 15.1. The number of hydrogen-bond donors (Lipinski definition) is 1. The van der Waals surface area contributed by atoms with Crippen LogP contribution in [-0.2, 0) is 0 Å². The van der Waals surface area contributed by atoms with E-state index in [1.165, 1.54) is 77.2 Å². The predicted molar refractivity (Wildman–Crippen MR) is 186 cm³/mol. The minimum Gasteiger partial charge on any atom is -0.387 e. The molecule has 1 aliphatic heterocycles. The van der Waals surface area contributed by atoms with Crippen LogP contribution in [0.4, 0.5) is 0 Å². The monoisotopic (exact) mass is 562 g/mol. The van der Waals surface area contributed by atoms with E-state index in [0.717, 1.165) is 6.54 Å². The summed E-state index contributed by atoms with van der Waals surface area (Å²) in [6, 6.07) is 48.7. The van der Waals surface area contributed by atoms with Gasteiger partial charge in [0.1, 0.15) is 0 Å². The van der Waals surface area contributed by atoms with Gasteiger partial charge in [0, 0.05) is 18.9 Å². The van der Waals surface area contributed by atoms with Gasteiger partial charge in [0.05, 0.1) is 0 Å². The maximum atomic E-state index is 4.19. The molecule has 0 spiro atoms. The highest BCUT2D eigenvalue weighted by molar-refractivity contribution is 6.22. The summed E-state index contributed by atoms with van der Waals surface area (Å²) < 4.78 is 0. The number of dihydropyridines is 1. The van der Waals surface area contributed by atoms with Gasteiger partial charge in [0.25, 0.3) is 0 Å². The van der Waals surface area contributed by atoms with Crippen molar-refractivity contribution in [2.75, 3.05) is 6.54 Å². The van der Waals surface area contributed by atoms with Crippen LogP contribution in [-0.4, -0.2) is 11.5 Å². The molecular formula is C42H30N2. The minimum absolute atomic E-state index is 0.857. The van der Waals surface area contributed by atoms with E-state index in [1.54, 1.807) is 0 Å². The minimum atomic E-state index is 0.857. The maximum Gasteiger partial charge on any atom is 0.0334 e. The number of fused-ring (bicyclic) bond motifs is 2. The van der Waals surface area contributed by atoms with Gasteiger partial charge in [-0.05, 0) is 108 Å². The van der Waals surface area contributed by atoms with Crippen molar-refractivity contribution in [1.82, 2.24) is 10.3 Å². The molecule has 0 unspecified atom stereocenters. The Morgan fingerprint density at radius 2 is 0.955 bits per heavy atom. The van der Waals surface area contributed by atoms with Gasteiger partial charge in [-0.3, -0.25) is 4.98 Å². The summed E-state index contributed by atoms with van der Waals surface area (Å²) in [6.45, 7) is 0.857. The summed E-state index contributed by atoms with van der Waals surface area (Å²) in [6.07, 6.45) is 10.1. The highest BCUT2D eigenvalue weighted by atomic mass is 14.8. The number of hydrogen-bond acceptors (Lipinski definition) is 2. The van der Waals surface area contributed by atoms with Crippen LogP contribution < -0.4 is 5.32 Å². The average Bonchev–Trinajstić information content (AvgIpc) is 3.12. The molecule has 2 heterocycles. The van der Waals surface area contributed by atoms with Crippen molar-refractivity contribution >= 4 is 27.1 Å². The fourth-order valence-electron chi connectivity index (χ4n) is 6.48. The van der Waals surface area contributed by atoms with E-state index in [9.17, 15) is 0 Å². The summed E-state index contributed by atoms with van der Waals surface area (Å²) >= 11 is 0. The Morgan fingerprint density at radius 3 is 1.61 bits per heavy atom. The lowest BCUT2D eigenvalue weighted by molar-refractivity contribution is 0.976. The lowest BCUT2D eigenvalue weighted by atomic mass is 9.84. The van der Waals surface area contributed by atoms with Crippen molar-refractivity contribution in [3.05, 3.63) is 170 Å². The summed E-state index contributed by atoms with van der Waals surface area (Å²) in [5.41, 5.74) is 12.2. The van der Waals surface area contributed by atoms with Crippen molar-refractivity contribution in [3.8, 4) is 44.5 Å². The molecule has 2 nitrogen and oxygen atoms in total. The van der Waals surface area contributed by atoms with E-state index in [-0.39, 0.29) is 0 Å². The van der Waals surface area contributed by atoms with E-state index in [4.69, 9.17) is 0 Å². The fraction of sp³-hybridized carbons (Fsp3) is 0.0238. The van der Waals surface area contributed by atoms with E-state index in [1.807, 2.05) is 18.6 Å². The Balaban J connectivity index is 1.37. The first-order chi connectivity index (χ1) is 21.8. The second-order valence-electron chi connectivity index (χ2n) is 11.2. The molecule has 0 saturated carbocycles. The average molecular weight is 563 g/mol. The number of rotatable bonds is 5. The van der Waals surface area contributed by atoms with Gasteiger partial charge in [-0.1, -0.05) is 121 Å². The normalized spacial score (nSPS) is 12.7. The molecule has 1 aliphatic rings. The number of aromatic nitrogens is 1.